The van der Waals surface area contributed by atoms with Crippen molar-refractivity contribution in [3.05, 3.63) is 34.3 Å². The van der Waals surface area contributed by atoms with Crippen molar-refractivity contribution in [2.75, 3.05) is 11.9 Å². The number of aryl methyl sites for hydroxylation is 1. The molecule has 2 heterocycles. The molecule has 0 saturated carbocycles. The first kappa shape index (κ1) is 12.8. The summed E-state index contributed by atoms with van der Waals surface area (Å²) in [5.74, 6) is 1.46. The third-order valence-corrected chi connectivity index (χ3v) is 3.53. The second-order valence-corrected chi connectivity index (χ2v) is 4.92. The van der Waals surface area contributed by atoms with Crippen molar-refractivity contribution in [3.63, 3.8) is 0 Å². The fraction of sp³-hybridized carbons (Fsp3) is 0.385. The maximum absolute atomic E-state index is 5.36. The predicted octanol–water partition coefficient (Wildman–Crippen LogP) is 3.11. The minimum atomic E-state index is 0.628. The molecule has 0 aromatic carbocycles. The van der Waals surface area contributed by atoms with Crippen LogP contribution in [-0.2, 0) is 13.0 Å². The van der Waals surface area contributed by atoms with Gasteiger partial charge in [0.2, 0.25) is 5.88 Å². The minimum Gasteiger partial charge on any atom is -0.478 e. The van der Waals surface area contributed by atoms with Gasteiger partial charge in [-0.15, -0.1) is 11.3 Å². The predicted molar refractivity (Wildman–Crippen MR) is 74.2 cm³/mol. The molecule has 18 heavy (non-hydrogen) atoms. The summed E-state index contributed by atoms with van der Waals surface area (Å²) in [5.41, 5.74) is 0. The van der Waals surface area contributed by atoms with Crippen LogP contribution in [0.5, 0.6) is 5.88 Å². The second kappa shape index (κ2) is 6.35. The van der Waals surface area contributed by atoms with E-state index in [1.54, 1.807) is 11.3 Å². The normalized spacial score (nSPS) is 10.3. The summed E-state index contributed by atoms with van der Waals surface area (Å²) in [6.45, 7) is 5.41. The molecule has 0 spiro atoms. The summed E-state index contributed by atoms with van der Waals surface area (Å²) in [6, 6.07) is 5.71. The van der Waals surface area contributed by atoms with E-state index in [-0.39, 0.29) is 0 Å². The number of hydrogen-bond donors (Lipinski definition) is 1. The molecular formula is C13H17N3OS. The van der Waals surface area contributed by atoms with Crippen LogP contribution in [0, 0.1) is 0 Å². The number of hydrogen-bond acceptors (Lipinski definition) is 5. The van der Waals surface area contributed by atoms with Crippen molar-refractivity contribution in [1.82, 2.24) is 9.97 Å². The Morgan fingerprint density at radius 2 is 2.22 bits per heavy atom. The highest BCUT2D eigenvalue weighted by Crippen LogP contribution is 2.16. The van der Waals surface area contributed by atoms with Gasteiger partial charge in [0.1, 0.15) is 10.8 Å². The third-order valence-electron chi connectivity index (χ3n) is 2.39. The Labute approximate surface area is 111 Å². The summed E-state index contributed by atoms with van der Waals surface area (Å²) >= 11 is 1.73. The Hall–Kier alpha value is -1.62. The quantitative estimate of drug-likeness (QED) is 0.870. The van der Waals surface area contributed by atoms with Gasteiger partial charge in [-0.2, -0.15) is 4.98 Å². The molecule has 2 rings (SSSR count). The monoisotopic (exact) mass is 263 g/mol. The zero-order chi connectivity index (χ0) is 12.8. The van der Waals surface area contributed by atoms with Crippen LogP contribution in [0.2, 0.25) is 0 Å². The van der Waals surface area contributed by atoms with E-state index in [4.69, 9.17) is 4.74 Å². The first-order valence-corrected chi connectivity index (χ1v) is 6.90. The van der Waals surface area contributed by atoms with Crippen LogP contribution in [0.25, 0.3) is 0 Å². The Morgan fingerprint density at radius 1 is 1.33 bits per heavy atom. The maximum atomic E-state index is 5.36. The lowest BCUT2D eigenvalue weighted by atomic mass is 10.4. The van der Waals surface area contributed by atoms with Gasteiger partial charge in [0.15, 0.2) is 0 Å². The van der Waals surface area contributed by atoms with Gasteiger partial charge < -0.3 is 10.1 Å². The number of ether oxygens (including phenoxy) is 1. The summed E-state index contributed by atoms with van der Waals surface area (Å²) in [4.78, 5) is 10.0. The zero-order valence-corrected chi connectivity index (χ0v) is 11.5. The molecule has 2 aromatic rings. The van der Waals surface area contributed by atoms with Gasteiger partial charge in [-0.3, -0.25) is 0 Å². The molecular weight excluding hydrogens is 246 g/mol. The molecule has 0 bridgehead atoms. The van der Waals surface area contributed by atoms with E-state index in [0.29, 0.717) is 19.0 Å². The van der Waals surface area contributed by atoms with Gasteiger partial charge >= 0.3 is 0 Å². The van der Waals surface area contributed by atoms with Crippen LogP contribution >= 0.6 is 11.3 Å². The van der Waals surface area contributed by atoms with E-state index >= 15 is 0 Å². The first-order valence-electron chi connectivity index (χ1n) is 6.09. The molecule has 4 nitrogen and oxygen atoms in total. The number of thiazole rings is 1. The largest absolute Gasteiger partial charge is 0.478 e. The Balaban J connectivity index is 1.94. The molecule has 0 fully saturated rings. The van der Waals surface area contributed by atoms with Gasteiger partial charge in [0.05, 0.1) is 13.2 Å². The lowest BCUT2D eigenvalue weighted by Crippen LogP contribution is -2.02. The van der Waals surface area contributed by atoms with Crippen molar-refractivity contribution in [3.8, 4) is 5.88 Å². The average Bonchev–Trinajstić information content (AvgIpc) is 2.85. The molecule has 0 aliphatic heterocycles. The molecule has 0 aliphatic rings. The van der Waals surface area contributed by atoms with E-state index in [1.807, 2.05) is 31.3 Å². The van der Waals surface area contributed by atoms with Crippen molar-refractivity contribution >= 4 is 17.2 Å². The average molecular weight is 263 g/mol. The number of nitrogens with one attached hydrogen (secondary N) is 1. The molecule has 0 radical (unpaired) electrons. The van der Waals surface area contributed by atoms with Gasteiger partial charge in [-0.05, 0) is 19.4 Å². The number of rotatable bonds is 6. The van der Waals surface area contributed by atoms with E-state index < -0.39 is 0 Å². The van der Waals surface area contributed by atoms with Gasteiger partial charge in [0, 0.05) is 17.1 Å². The number of aromatic nitrogens is 2. The molecule has 96 valence electrons. The van der Waals surface area contributed by atoms with Crippen LogP contribution in [0.1, 0.15) is 23.7 Å². The van der Waals surface area contributed by atoms with Crippen LogP contribution in [-0.4, -0.2) is 16.6 Å². The van der Waals surface area contributed by atoms with Crippen LogP contribution in [0.3, 0.4) is 0 Å². The molecule has 0 unspecified atom stereocenters. The van der Waals surface area contributed by atoms with Gasteiger partial charge in [-0.25, -0.2) is 4.98 Å². The van der Waals surface area contributed by atoms with Crippen molar-refractivity contribution in [1.29, 1.82) is 0 Å². The molecule has 0 saturated heterocycles. The molecule has 2 aromatic heterocycles. The summed E-state index contributed by atoms with van der Waals surface area (Å²) in [5, 5.41) is 4.33. The lowest BCUT2D eigenvalue weighted by molar-refractivity contribution is 0.327. The second-order valence-electron chi connectivity index (χ2n) is 3.72. The number of nitrogens with zero attached hydrogens (tertiary/aromatic N) is 2. The van der Waals surface area contributed by atoms with E-state index in [9.17, 15) is 0 Å². The topological polar surface area (TPSA) is 47.0 Å². The van der Waals surface area contributed by atoms with Gasteiger partial charge in [0.25, 0.3) is 0 Å². The fourth-order valence-corrected chi connectivity index (χ4v) is 2.30. The van der Waals surface area contributed by atoms with Crippen molar-refractivity contribution in [2.24, 2.45) is 0 Å². The summed E-state index contributed by atoms with van der Waals surface area (Å²) in [6.07, 6.45) is 2.97. The van der Waals surface area contributed by atoms with Crippen molar-refractivity contribution < 1.29 is 4.74 Å². The highest BCUT2D eigenvalue weighted by molar-refractivity contribution is 7.11. The van der Waals surface area contributed by atoms with Crippen molar-refractivity contribution in [2.45, 2.75) is 26.8 Å². The molecule has 0 atom stereocenters. The fourth-order valence-electron chi connectivity index (χ4n) is 1.50. The Morgan fingerprint density at radius 3 is 2.94 bits per heavy atom. The standard InChI is InChI=1S/C13H17N3OS/c1-3-10-8-15-13(18-10)9-14-11-6-5-7-12(16-11)17-4-2/h5-8H,3-4,9H2,1-2H3,(H,14,16). The van der Waals surface area contributed by atoms with E-state index in [0.717, 1.165) is 17.2 Å². The SMILES string of the molecule is CCOc1cccc(NCc2ncc(CC)s2)n1. The highest BCUT2D eigenvalue weighted by Gasteiger charge is 2.02. The zero-order valence-electron chi connectivity index (χ0n) is 10.6. The van der Waals surface area contributed by atoms with E-state index in [2.05, 4.69) is 22.2 Å². The van der Waals surface area contributed by atoms with Crippen LogP contribution < -0.4 is 10.1 Å². The Kier molecular flexibility index (Phi) is 4.52. The molecule has 0 amide bonds. The minimum absolute atomic E-state index is 0.628. The molecule has 0 aliphatic carbocycles. The summed E-state index contributed by atoms with van der Waals surface area (Å²) in [7, 11) is 0. The van der Waals surface area contributed by atoms with Gasteiger partial charge in [-0.1, -0.05) is 13.0 Å². The summed E-state index contributed by atoms with van der Waals surface area (Å²) < 4.78 is 5.36. The highest BCUT2D eigenvalue weighted by atomic mass is 32.1. The van der Waals surface area contributed by atoms with E-state index in [1.165, 1.54) is 4.88 Å². The molecule has 1 N–H and O–H groups in total. The molecule has 5 heteroatoms. The lowest BCUT2D eigenvalue weighted by Gasteiger charge is -2.06. The van der Waals surface area contributed by atoms with Crippen LogP contribution in [0.15, 0.2) is 24.4 Å². The number of anilines is 1. The first-order chi connectivity index (χ1) is 8.81. The maximum Gasteiger partial charge on any atom is 0.215 e. The van der Waals surface area contributed by atoms with Crippen LogP contribution in [0.4, 0.5) is 5.82 Å². The third kappa shape index (κ3) is 3.43. The Bertz CT molecular complexity index is 498. The smallest absolute Gasteiger partial charge is 0.215 e. The number of pyridine rings is 1.